The number of rotatable bonds is 9. The van der Waals surface area contributed by atoms with E-state index in [4.69, 9.17) is 14.9 Å². The molecule has 9 nitrogen and oxygen atoms in total. The van der Waals surface area contributed by atoms with Gasteiger partial charge in [-0.25, -0.2) is 4.79 Å². The van der Waals surface area contributed by atoms with Crippen LogP contribution in [0.4, 0.5) is 0 Å². The Morgan fingerprint density at radius 3 is 2.74 bits per heavy atom. The molecule has 0 aromatic carbocycles. The van der Waals surface area contributed by atoms with Crippen LogP contribution in [0.25, 0.3) is 0 Å². The summed E-state index contributed by atoms with van der Waals surface area (Å²) in [7, 11) is -0.172. The second-order valence-corrected chi connectivity index (χ2v) is 8.61. The first-order valence-electron chi connectivity index (χ1n) is 8.30. The van der Waals surface area contributed by atoms with Gasteiger partial charge in [-0.05, 0) is 33.2 Å². The quantitative estimate of drug-likeness (QED) is 0.440. The summed E-state index contributed by atoms with van der Waals surface area (Å²) in [5.74, 6) is 2.14. The molecule has 0 spiro atoms. The van der Waals surface area contributed by atoms with Crippen molar-refractivity contribution in [2.24, 2.45) is 10.1 Å². The van der Waals surface area contributed by atoms with E-state index in [1.807, 2.05) is 31.1 Å². The molecule has 0 amide bonds. The summed E-state index contributed by atoms with van der Waals surface area (Å²) in [5, 5.41) is 2.85. The van der Waals surface area contributed by atoms with Crippen molar-refractivity contribution in [2.75, 3.05) is 33.0 Å². The normalized spacial score (nSPS) is 15.9. The predicted octanol–water partition coefficient (Wildman–Crippen LogP) is 0.639. The summed E-state index contributed by atoms with van der Waals surface area (Å²) in [6.45, 7) is 2.81. The van der Waals surface area contributed by atoms with Crippen LogP contribution >= 0.6 is 11.8 Å². The van der Waals surface area contributed by atoms with Gasteiger partial charge in [0.05, 0.1) is 18.9 Å². The van der Waals surface area contributed by atoms with E-state index in [0.717, 1.165) is 18.1 Å². The van der Waals surface area contributed by atoms with Crippen molar-refractivity contribution in [3.63, 3.8) is 0 Å². The molecule has 0 saturated carbocycles. The van der Waals surface area contributed by atoms with Crippen molar-refractivity contribution in [1.29, 1.82) is 0 Å². The number of esters is 1. The van der Waals surface area contributed by atoms with E-state index < -0.39 is 20.9 Å². The van der Waals surface area contributed by atoms with E-state index in [1.165, 1.54) is 0 Å². The maximum absolute atomic E-state index is 12.0. The van der Waals surface area contributed by atoms with Crippen molar-refractivity contribution in [3.05, 3.63) is 34.3 Å². The first-order chi connectivity index (χ1) is 12.7. The minimum atomic E-state index is -4.12. The summed E-state index contributed by atoms with van der Waals surface area (Å²) < 4.78 is 37.9. The maximum atomic E-state index is 12.0. The van der Waals surface area contributed by atoms with E-state index in [0.29, 0.717) is 18.1 Å². The second kappa shape index (κ2) is 9.29. The van der Waals surface area contributed by atoms with Gasteiger partial charge >= 0.3 is 5.97 Å². The van der Waals surface area contributed by atoms with E-state index in [2.05, 4.69) is 9.71 Å². The number of amidine groups is 1. The third-order valence-electron chi connectivity index (χ3n) is 3.40. The molecule has 1 aromatic heterocycles. The number of thioether (sulfide) groups is 1. The summed E-state index contributed by atoms with van der Waals surface area (Å²) in [6, 6.07) is 3.90. The smallest absolute Gasteiger partial charge is 0.354 e. The topological polar surface area (TPSA) is 127 Å². The zero-order valence-corrected chi connectivity index (χ0v) is 17.2. The largest absolute Gasteiger partial charge is 0.464 e. The van der Waals surface area contributed by atoms with Crippen LogP contribution in [0.2, 0.25) is 0 Å². The first-order valence-corrected chi connectivity index (χ1v) is 10.9. The van der Waals surface area contributed by atoms with Crippen LogP contribution in [-0.2, 0) is 31.9 Å². The number of furan rings is 1. The number of ether oxygens (including phenoxy) is 1. The summed E-state index contributed by atoms with van der Waals surface area (Å²) in [6.07, 6.45) is 0. The Morgan fingerprint density at radius 1 is 1.37 bits per heavy atom. The molecule has 1 aromatic rings. The molecule has 0 radical (unpaired) electrons. The molecule has 2 heterocycles. The lowest BCUT2D eigenvalue weighted by Gasteiger charge is -2.07. The van der Waals surface area contributed by atoms with E-state index in [1.54, 1.807) is 18.7 Å². The number of nitrogens with one attached hydrogen (secondary N) is 1. The Morgan fingerprint density at radius 2 is 2.07 bits per heavy atom. The maximum Gasteiger partial charge on any atom is 0.354 e. The van der Waals surface area contributed by atoms with Gasteiger partial charge in [0.25, 0.3) is 10.0 Å². The summed E-state index contributed by atoms with van der Waals surface area (Å²) in [5.41, 5.74) is 5.55. The number of nitrogens with two attached hydrogens (primary N) is 1. The summed E-state index contributed by atoms with van der Waals surface area (Å²) in [4.78, 5) is 13.2. The van der Waals surface area contributed by atoms with Crippen LogP contribution in [0.5, 0.6) is 0 Å². The highest BCUT2D eigenvalue weighted by atomic mass is 32.2. The molecule has 2 rings (SSSR count). The molecular weight excluding hydrogens is 392 g/mol. The van der Waals surface area contributed by atoms with Gasteiger partial charge < -0.3 is 25.1 Å². The fourth-order valence-corrected chi connectivity index (χ4v) is 4.20. The molecule has 0 atom stereocenters. The molecule has 11 heteroatoms. The molecule has 0 unspecified atom stereocenters. The lowest BCUT2D eigenvalue weighted by atomic mass is 10.3. The standard InChI is InChI=1S/C16H24N4O5S2/c1-4-24-16(21)14-13(17)15(19-27(14,22)23)18-7-8-26-10-12-6-5-11(25-12)9-20(2)3/h5-6H,4,7-10,17H2,1-3H3,(H,18,19). The van der Waals surface area contributed by atoms with Crippen LogP contribution in [0.15, 0.2) is 31.5 Å². The monoisotopic (exact) mass is 416 g/mol. The molecule has 0 aliphatic carbocycles. The first kappa shape index (κ1) is 21.3. The fraction of sp³-hybridized carbons (Fsp3) is 0.500. The SMILES string of the molecule is CCOC(=O)C1=C(N)C(NCCSCc2ccc(CN(C)C)o2)=NS1(=O)=O. The number of nitrogens with zero attached hydrogens (tertiary/aromatic N) is 2. The highest BCUT2D eigenvalue weighted by molar-refractivity contribution is 7.98. The Labute approximate surface area is 163 Å². The molecule has 27 heavy (non-hydrogen) atoms. The number of hydrogen-bond donors (Lipinski definition) is 2. The van der Waals surface area contributed by atoms with E-state index >= 15 is 0 Å². The third kappa shape index (κ3) is 5.75. The second-order valence-electron chi connectivity index (χ2n) is 5.96. The predicted molar refractivity (Wildman–Crippen MR) is 104 cm³/mol. The van der Waals surface area contributed by atoms with Crippen LogP contribution in [-0.4, -0.2) is 58.1 Å². The Hall–Kier alpha value is -1.98. The lowest BCUT2D eigenvalue weighted by Crippen LogP contribution is -2.30. The molecular formula is C16H24N4O5S2. The lowest BCUT2D eigenvalue weighted by molar-refractivity contribution is -0.137. The van der Waals surface area contributed by atoms with Gasteiger partial charge in [-0.2, -0.15) is 20.2 Å². The van der Waals surface area contributed by atoms with Crippen LogP contribution in [0.3, 0.4) is 0 Å². The minimum Gasteiger partial charge on any atom is -0.464 e. The Kier molecular flexibility index (Phi) is 7.33. The van der Waals surface area contributed by atoms with E-state index in [-0.39, 0.29) is 18.1 Å². The van der Waals surface area contributed by atoms with Crippen molar-refractivity contribution in [2.45, 2.75) is 19.2 Å². The third-order valence-corrected chi connectivity index (χ3v) is 5.71. The number of hydrogen-bond acceptors (Lipinski definition) is 9. The van der Waals surface area contributed by atoms with Crippen LogP contribution < -0.4 is 11.1 Å². The Bertz CT molecular complexity index is 843. The average Bonchev–Trinajstić information content (AvgIpc) is 3.08. The van der Waals surface area contributed by atoms with Crippen molar-refractivity contribution in [1.82, 2.24) is 10.2 Å². The van der Waals surface area contributed by atoms with Gasteiger partial charge in [-0.15, -0.1) is 4.40 Å². The zero-order valence-electron chi connectivity index (χ0n) is 15.5. The van der Waals surface area contributed by atoms with Crippen LogP contribution in [0.1, 0.15) is 18.4 Å². The zero-order chi connectivity index (χ0) is 20.0. The molecule has 3 N–H and O–H groups in total. The minimum absolute atomic E-state index is 0.0232. The highest BCUT2D eigenvalue weighted by Crippen LogP contribution is 2.21. The van der Waals surface area contributed by atoms with Gasteiger partial charge in [-0.3, -0.25) is 0 Å². The van der Waals surface area contributed by atoms with Gasteiger partial charge in [0.1, 0.15) is 17.2 Å². The van der Waals surface area contributed by atoms with Crippen molar-refractivity contribution >= 4 is 33.6 Å². The summed E-state index contributed by atoms with van der Waals surface area (Å²) >= 11 is 1.62. The van der Waals surface area contributed by atoms with E-state index in [9.17, 15) is 13.2 Å². The van der Waals surface area contributed by atoms with Crippen molar-refractivity contribution in [3.8, 4) is 0 Å². The number of carbonyl (C=O) groups excluding carboxylic acids is 1. The highest BCUT2D eigenvalue weighted by Gasteiger charge is 2.37. The molecule has 0 fully saturated rings. The number of carbonyl (C=O) groups is 1. The average molecular weight is 417 g/mol. The molecule has 0 bridgehead atoms. The van der Waals surface area contributed by atoms with Crippen molar-refractivity contribution < 1.29 is 22.4 Å². The van der Waals surface area contributed by atoms with Gasteiger partial charge in [-0.1, -0.05) is 0 Å². The number of sulfonamides is 1. The fourth-order valence-electron chi connectivity index (χ4n) is 2.31. The molecule has 1 aliphatic rings. The van der Waals surface area contributed by atoms with Gasteiger partial charge in [0.2, 0.25) is 4.91 Å². The van der Waals surface area contributed by atoms with Gasteiger partial charge in [0.15, 0.2) is 5.84 Å². The van der Waals surface area contributed by atoms with Gasteiger partial charge in [0, 0.05) is 12.3 Å². The molecule has 150 valence electrons. The Balaban J connectivity index is 1.82. The van der Waals surface area contributed by atoms with Crippen LogP contribution in [0, 0.1) is 0 Å². The molecule has 1 aliphatic heterocycles. The molecule has 0 saturated heterocycles.